The van der Waals surface area contributed by atoms with Crippen LogP contribution < -0.4 is 0 Å². The minimum absolute atomic E-state index is 0.105. The highest BCUT2D eigenvalue weighted by molar-refractivity contribution is 7.11. The van der Waals surface area contributed by atoms with Gasteiger partial charge in [0, 0.05) is 53.9 Å². The van der Waals surface area contributed by atoms with Gasteiger partial charge in [-0.05, 0) is 51.3 Å². The predicted molar refractivity (Wildman–Crippen MR) is 156 cm³/mol. The van der Waals surface area contributed by atoms with Gasteiger partial charge in [-0.2, -0.15) is 0 Å². The van der Waals surface area contributed by atoms with Gasteiger partial charge in [0.05, 0.1) is 24.4 Å². The molecule has 0 bridgehead atoms. The third kappa shape index (κ3) is 5.67. The molecule has 42 heavy (non-hydrogen) atoms. The van der Waals surface area contributed by atoms with Crippen molar-refractivity contribution >= 4 is 46.6 Å². The smallest absolute Gasteiger partial charge is 0.336 e. The molecule has 2 fully saturated rings. The Morgan fingerprint density at radius 2 is 2.00 bits per heavy atom. The molecule has 224 valence electrons. The average molecular weight is 618 g/mol. The van der Waals surface area contributed by atoms with E-state index in [4.69, 9.17) is 21.3 Å². The molecule has 3 unspecified atom stereocenters. The number of ether oxygens (including phenoxy) is 1. The van der Waals surface area contributed by atoms with Crippen molar-refractivity contribution in [3.8, 4) is 0 Å². The summed E-state index contributed by atoms with van der Waals surface area (Å²) >= 11 is 7.92. The number of aliphatic carboxylic acids is 1. The van der Waals surface area contributed by atoms with Crippen LogP contribution in [-0.2, 0) is 14.3 Å². The SMILES string of the molecule is COC(=O)C1=C(CN2CCN3C(=O)N(C(C)(C)C)CC3C2C(=O)O)CCC(c2nccs2)=NC1c1ccc(F)cc1Cl. The van der Waals surface area contributed by atoms with E-state index in [2.05, 4.69) is 4.98 Å². The number of carbonyl (C=O) groups is 3. The summed E-state index contributed by atoms with van der Waals surface area (Å²) in [7, 11) is 1.27. The summed E-state index contributed by atoms with van der Waals surface area (Å²) in [6.45, 7) is 6.87. The van der Waals surface area contributed by atoms with Gasteiger partial charge in [-0.25, -0.2) is 19.0 Å². The first kappa shape index (κ1) is 30.1. The van der Waals surface area contributed by atoms with Crippen LogP contribution in [-0.4, -0.2) is 99.4 Å². The van der Waals surface area contributed by atoms with E-state index >= 15 is 0 Å². The standard InChI is InChI=1S/C29H33ClFN5O5S/c1-29(2,3)36-15-21-24(26(37)38)34(10-11-35(21)28(36)40)14-16-5-8-20(25-32-9-12-42-25)33-23(22(16)27(39)41-4)18-7-6-17(31)13-19(18)30/h6-7,9,12-13,21,23-24H,5,8,10-11,14-15H2,1-4H3,(H,37,38). The Labute approximate surface area is 252 Å². The van der Waals surface area contributed by atoms with Crippen LogP contribution in [0.15, 0.2) is 45.9 Å². The van der Waals surface area contributed by atoms with Gasteiger partial charge in [0.25, 0.3) is 0 Å². The number of carboxylic acids is 1. The van der Waals surface area contributed by atoms with Crippen LogP contribution >= 0.6 is 22.9 Å². The summed E-state index contributed by atoms with van der Waals surface area (Å²) in [6, 6.07) is 1.30. The highest BCUT2D eigenvalue weighted by Gasteiger charge is 2.51. The number of urea groups is 1. The Balaban J connectivity index is 1.57. The second kappa shape index (κ2) is 11.7. The Bertz CT molecular complexity index is 1460. The Kier molecular flexibility index (Phi) is 8.41. The summed E-state index contributed by atoms with van der Waals surface area (Å²) < 4.78 is 19.3. The number of amides is 2. The van der Waals surface area contributed by atoms with Crippen LogP contribution in [0, 0.1) is 5.82 Å². The topological polar surface area (TPSA) is 116 Å². The normalized spacial score (nSPS) is 23.5. The molecule has 1 aromatic heterocycles. The van der Waals surface area contributed by atoms with Crippen LogP contribution in [0.3, 0.4) is 0 Å². The van der Waals surface area contributed by atoms with E-state index in [0.29, 0.717) is 47.8 Å². The van der Waals surface area contributed by atoms with E-state index in [-0.39, 0.29) is 29.7 Å². The minimum Gasteiger partial charge on any atom is -0.480 e. The van der Waals surface area contributed by atoms with Crippen molar-refractivity contribution in [1.29, 1.82) is 0 Å². The van der Waals surface area contributed by atoms with E-state index in [0.717, 1.165) is 0 Å². The molecule has 0 saturated carbocycles. The van der Waals surface area contributed by atoms with Crippen LogP contribution in [0.5, 0.6) is 0 Å². The van der Waals surface area contributed by atoms with E-state index in [1.807, 2.05) is 31.1 Å². The lowest BCUT2D eigenvalue weighted by atomic mass is 9.92. The van der Waals surface area contributed by atoms with Crippen molar-refractivity contribution < 1.29 is 28.6 Å². The van der Waals surface area contributed by atoms with Crippen molar-refractivity contribution in [2.75, 3.05) is 33.3 Å². The first-order valence-corrected chi connectivity index (χ1v) is 14.9. The molecule has 2 aromatic rings. The molecule has 4 heterocycles. The van der Waals surface area contributed by atoms with Crippen LogP contribution in [0.4, 0.5) is 9.18 Å². The lowest BCUT2D eigenvalue weighted by Gasteiger charge is -2.42. The predicted octanol–water partition coefficient (Wildman–Crippen LogP) is 4.40. The van der Waals surface area contributed by atoms with Gasteiger partial charge in [0.2, 0.25) is 0 Å². The van der Waals surface area contributed by atoms with Gasteiger partial charge in [0.1, 0.15) is 22.9 Å². The molecule has 3 atom stereocenters. The van der Waals surface area contributed by atoms with Crippen molar-refractivity contribution in [1.82, 2.24) is 19.7 Å². The number of benzene rings is 1. The maximum Gasteiger partial charge on any atom is 0.336 e. The molecule has 13 heteroatoms. The third-order valence-electron chi connectivity index (χ3n) is 8.03. The molecular weight excluding hydrogens is 585 g/mol. The Morgan fingerprint density at radius 1 is 1.24 bits per heavy atom. The Hall–Kier alpha value is -3.35. The second-order valence-electron chi connectivity index (χ2n) is 11.6. The second-order valence-corrected chi connectivity index (χ2v) is 12.9. The number of hydrogen-bond donors (Lipinski definition) is 1. The third-order valence-corrected chi connectivity index (χ3v) is 9.18. The number of carbonyl (C=O) groups excluding carboxylic acids is 2. The summed E-state index contributed by atoms with van der Waals surface area (Å²) in [5.41, 5.74) is 1.51. The van der Waals surface area contributed by atoms with Gasteiger partial charge < -0.3 is 19.6 Å². The lowest BCUT2D eigenvalue weighted by Crippen LogP contribution is -2.62. The lowest BCUT2D eigenvalue weighted by molar-refractivity contribution is -0.147. The molecule has 10 nitrogen and oxygen atoms in total. The summed E-state index contributed by atoms with van der Waals surface area (Å²) in [5, 5.41) is 13.0. The zero-order valence-corrected chi connectivity index (χ0v) is 25.4. The number of nitrogens with zero attached hydrogens (tertiary/aromatic N) is 5. The number of piperazine rings is 1. The molecule has 2 saturated heterocycles. The molecular formula is C29H33ClFN5O5S. The fraction of sp³-hybridized carbons (Fsp3) is 0.483. The maximum absolute atomic E-state index is 14.0. The van der Waals surface area contributed by atoms with Crippen LogP contribution in [0.2, 0.25) is 5.02 Å². The fourth-order valence-corrected chi connectivity index (χ4v) is 6.94. The number of hydrogen-bond acceptors (Lipinski definition) is 8. The summed E-state index contributed by atoms with van der Waals surface area (Å²) in [4.78, 5) is 53.9. The van der Waals surface area contributed by atoms with Crippen LogP contribution in [0.25, 0.3) is 0 Å². The molecule has 0 radical (unpaired) electrons. The summed E-state index contributed by atoms with van der Waals surface area (Å²) in [5.74, 6) is -2.19. The van der Waals surface area contributed by atoms with Crippen molar-refractivity contribution in [3.63, 3.8) is 0 Å². The molecule has 0 aliphatic carbocycles. The first-order chi connectivity index (χ1) is 19.9. The number of rotatable bonds is 6. The number of aliphatic imine (C=N–C) groups is 1. The van der Waals surface area contributed by atoms with E-state index < -0.39 is 41.4 Å². The quantitative estimate of drug-likeness (QED) is 0.478. The van der Waals surface area contributed by atoms with E-state index in [1.54, 1.807) is 16.0 Å². The van der Waals surface area contributed by atoms with Crippen molar-refractivity contribution in [3.05, 3.63) is 62.3 Å². The van der Waals surface area contributed by atoms with E-state index in [1.165, 1.54) is 36.6 Å². The Morgan fingerprint density at radius 3 is 2.62 bits per heavy atom. The molecule has 1 aromatic carbocycles. The van der Waals surface area contributed by atoms with Gasteiger partial charge in [0.15, 0.2) is 0 Å². The average Bonchev–Trinajstić information content (AvgIpc) is 3.53. The monoisotopic (exact) mass is 617 g/mol. The number of methoxy groups -OCH3 is 1. The molecule has 3 aliphatic heterocycles. The molecule has 2 amide bonds. The zero-order chi connectivity index (χ0) is 30.3. The van der Waals surface area contributed by atoms with Crippen molar-refractivity contribution in [2.24, 2.45) is 4.99 Å². The zero-order valence-electron chi connectivity index (χ0n) is 23.8. The first-order valence-electron chi connectivity index (χ1n) is 13.7. The van der Waals surface area contributed by atoms with Crippen molar-refractivity contribution in [2.45, 2.75) is 57.3 Å². The fourth-order valence-electron chi connectivity index (χ4n) is 6.00. The van der Waals surface area contributed by atoms with Gasteiger partial charge >= 0.3 is 18.0 Å². The molecule has 3 aliphatic rings. The highest BCUT2D eigenvalue weighted by atomic mass is 35.5. The number of halogens is 2. The number of aromatic nitrogens is 1. The van der Waals surface area contributed by atoms with E-state index in [9.17, 15) is 23.9 Å². The number of fused-ring (bicyclic) bond motifs is 1. The molecule has 1 N–H and O–H groups in total. The number of carboxylic acid groups (broad SMARTS) is 1. The minimum atomic E-state index is -1.04. The van der Waals surface area contributed by atoms with Crippen LogP contribution in [0.1, 0.15) is 50.2 Å². The van der Waals surface area contributed by atoms with Gasteiger partial charge in [-0.1, -0.05) is 17.7 Å². The molecule has 5 rings (SSSR count). The highest BCUT2D eigenvalue weighted by Crippen LogP contribution is 2.39. The van der Waals surface area contributed by atoms with Gasteiger partial charge in [-0.15, -0.1) is 11.3 Å². The largest absolute Gasteiger partial charge is 0.480 e. The van der Waals surface area contributed by atoms with Gasteiger partial charge in [-0.3, -0.25) is 14.7 Å². The number of thiazole rings is 1. The maximum atomic E-state index is 14.0. The number of esters is 1. The molecule has 0 spiro atoms. The summed E-state index contributed by atoms with van der Waals surface area (Å²) in [6.07, 6.45) is 2.50.